The summed E-state index contributed by atoms with van der Waals surface area (Å²) in [6.45, 7) is 5.93. The molecule has 2 aromatic carbocycles. The van der Waals surface area contributed by atoms with Crippen molar-refractivity contribution in [1.29, 1.82) is 5.26 Å². The molecule has 10 nitrogen and oxygen atoms in total. The summed E-state index contributed by atoms with van der Waals surface area (Å²) in [4.78, 5) is 16.3. The molecule has 2 atom stereocenters. The van der Waals surface area contributed by atoms with Gasteiger partial charge in [0.05, 0.1) is 27.4 Å². The third-order valence-corrected chi connectivity index (χ3v) is 9.48. The van der Waals surface area contributed by atoms with E-state index in [-0.39, 0.29) is 53.8 Å². The van der Waals surface area contributed by atoms with Crippen LogP contribution in [-0.2, 0) is 12.7 Å². The van der Waals surface area contributed by atoms with E-state index < -0.39 is 62.3 Å². The highest BCUT2D eigenvalue weighted by Gasteiger charge is 2.44. The zero-order valence-corrected chi connectivity index (χ0v) is 27.3. The van der Waals surface area contributed by atoms with Gasteiger partial charge in [-0.3, -0.25) is 4.90 Å². The molecular weight excluding hydrogens is 667 g/mol. The molecule has 0 spiro atoms. The number of hydrogen-bond donors (Lipinski definition) is 2. The average molecular weight is 699 g/mol. The molecule has 2 aromatic heterocycles. The number of likely N-dealkylation sites (N-methyl/N-ethyl adjacent to an activating group) is 1. The van der Waals surface area contributed by atoms with Crippen LogP contribution in [0.2, 0.25) is 0 Å². The fraction of sp³-hybridized carbons (Fsp3) is 0.333. The Bertz CT molecular complexity index is 2000. The Hall–Kier alpha value is -4.88. The molecule has 0 bridgehead atoms. The lowest BCUT2D eigenvalue weighted by Gasteiger charge is -2.27. The van der Waals surface area contributed by atoms with Crippen molar-refractivity contribution in [2.45, 2.75) is 49.5 Å². The first-order valence-electron chi connectivity index (χ1n) is 15.2. The van der Waals surface area contributed by atoms with E-state index in [9.17, 15) is 9.65 Å². The molecule has 4 N–H and O–H groups in total. The van der Waals surface area contributed by atoms with E-state index in [0.717, 1.165) is 31.5 Å². The number of hydrogen-bond acceptors (Lipinski definition) is 11. The Labute approximate surface area is 282 Å². The molecule has 2 aliphatic heterocycles. The van der Waals surface area contributed by atoms with Crippen molar-refractivity contribution in [3.05, 3.63) is 70.4 Å². The third kappa shape index (κ3) is 6.35. The number of nitriles is 1. The number of anilines is 2. The van der Waals surface area contributed by atoms with Crippen LogP contribution in [0.3, 0.4) is 0 Å². The van der Waals surface area contributed by atoms with E-state index in [1.54, 1.807) is 23.1 Å². The smallest absolute Gasteiger partial charge is 0.420 e. The molecule has 6 rings (SSSR count). The van der Waals surface area contributed by atoms with Gasteiger partial charge in [0.15, 0.2) is 5.82 Å². The van der Waals surface area contributed by atoms with Crippen LogP contribution in [0.4, 0.5) is 33.6 Å². The first-order valence-corrected chi connectivity index (χ1v) is 16.0. The fourth-order valence-electron chi connectivity index (χ4n) is 6.40. The van der Waals surface area contributed by atoms with Crippen LogP contribution in [0, 0.1) is 23.0 Å². The maximum atomic E-state index is 17.1. The standard InChI is InChI=1S/C33H31F5N8O2S/c1-16(22-7-5-11-45(22)3)48-32-43-27-24-28(47-13-12-46(31(24)44-32)15-18-6-4-10-42-30(18)41)25(33(36,37)38)23(26(27)35)19-8-9-21(34)29(20(19)14-39)49-17(2)40/h4,6,8-10,16,22H,2,5,7,11-13,15,40H2,1,3H3,(H2,41,42). The van der Waals surface area contributed by atoms with Gasteiger partial charge in [0.1, 0.15) is 53.1 Å². The van der Waals surface area contributed by atoms with Crippen molar-refractivity contribution in [2.24, 2.45) is 5.73 Å². The van der Waals surface area contributed by atoms with Gasteiger partial charge < -0.3 is 25.8 Å². The van der Waals surface area contributed by atoms with Crippen LogP contribution in [0.15, 0.2) is 47.0 Å². The maximum absolute atomic E-state index is 17.1. The van der Waals surface area contributed by atoms with E-state index in [0.29, 0.717) is 17.3 Å². The fourth-order valence-corrected chi connectivity index (χ4v) is 7.09. The molecule has 16 heteroatoms. The number of thioether (sulfide) groups is 1. The highest BCUT2D eigenvalue weighted by Crippen LogP contribution is 2.52. The highest BCUT2D eigenvalue weighted by atomic mass is 32.2. The Balaban J connectivity index is 1.66. The van der Waals surface area contributed by atoms with Crippen LogP contribution in [0.1, 0.15) is 36.5 Å². The van der Waals surface area contributed by atoms with Crippen LogP contribution >= 0.6 is 11.8 Å². The second-order valence-electron chi connectivity index (χ2n) is 11.8. The lowest BCUT2D eigenvalue weighted by molar-refractivity contribution is -0.138. The van der Waals surface area contributed by atoms with Crippen molar-refractivity contribution in [3.8, 4) is 29.0 Å². The maximum Gasteiger partial charge on any atom is 0.420 e. The number of benzene rings is 2. The molecule has 1 fully saturated rings. The second kappa shape index (κ2) is 13.2. The van der Waals surface area contributed by atoms with Gasteiger partial charge in [-0.25, -0.2) is 13.8 Å². The van der Waals surface area contributed by atoms with Gasteiger partial charge in [-0.15, -0.1) is 0 Å². The van der Waals surface area contributed by atoms with Crippen LogP contribution in [-0.4, -0.2) is 58.7 Å². The first kappa shape index (κ1) is 34.0. The summed E-state index contributed by atoms with van der Waals surface area (Å²) in [7, 11) is 1.95. The monoisotopic (exact) mass is 698 g/mol. The molecule has 2 unspecified atom stereocenters. The number of nitrogens with two attached hydrogens (primary N) is 2. The zero-order valence-electron chi connectivity index (χ0n) is 26.4. The van der Waals surface area contributed by atoms with Crippen molar-refractivity contribution in [3.63, 3.8) is 0 Å². The van der Waals surface area contributed by atoms with Crippen molar-refractivity contribution >= 4 is 34.3 Å². The Morgan fingerprint density at radius 1 is 1.24 bits per heavy atom. The van der Waals surface area contributed by atoms with E-state index in [4.69, 9.17) is 20.9 Å². The number of halogens is 5. The van der Waals surface area contributed by atoms with Gasteiger partial charge in [-0.05, 0) is 51.6 Å². The van der Waals surface area contributed by atoms with E-state index in [1.165, 1.54) is 6.20 Å². The molecule has 2 aliphatic rings. The number of ether oxygens (including phenoxy) is 2. The molecule has 0 amide bonds. The molecule has 256 valence electrons. The summed E-state index contributed by atoms with van der Waals surface area (Å²) in [5.74, 6) is -3.00. The number of aromatic nitrogens is 3. The summed E-state index contributed by atoms with van der Waals surface area (Å²) < 4.78 is 89.7. The van der Waals surface area contributed by atoms with Gasteiger partial charge in [0.2, 0.25) is 0 Å². The number of rotatable bonds is 8. The van der Waals surface area contributed by atoms with Gasteiger partial charge in [-0.2, -0.15) is 28.4 Å². The van der Waals surface area contributed by atoms with Gasteiger partial charge in [0, 0.05) is 35.5 Å². The van der Waals surface area contributed by atoms with Crippen molar-refractivity contribution < 1.29 is 31.4 Å². The summed E-state index contributed by atoms with van der Waals surface area (Å²) in [6, 6.07) is 6.56. The Morgan fingerprint density at radius 2 is 2.02 bits per heavy atom. The Kier molecular flexibility index (Phi) is 9.16. The molecular formula is C33H31F5N8O2S. The minimum atomic E-state index is -5.22. The molecule has 1 saturated heterocycles. The van der Waals surface area contributed by atoms with E-state index in [2.05, 4.69) is 26.4 Å². The summed E-state index contributed by atoms with van der Waals surface area (Å²) >= 11 is 0.538. The van der Waals surface area contributed by atoms with Crippen molar-refractivity contribution in [1.82, 2.24) is 19.9 Å². The van der Waals surface area contributed by atoms with Gasteiger partial charge in [-0.1, -0.05) is 24.4 Å². The van der Waals surface area contributed by atoms with Crippen molar-refractivity contribution in [2.75, 3.05) is 37.4 Å². The largest absolute Gasteiger partial charge is 0.490 e. The second-order valence-corrected chi connectivity index (χ2v) is 12.9. The Morgan fingerprint density at radius 3 is 2.67 bits per heavy atom. The zero-order chi connectivity index (χ0) is 35.2. The summed E-state index contributed by atoms with van der Waals surface area (Å²) in [5.41, 5.74) is 8.11. The minimum absolute atomic E-state index is 0.0118. The molecule has 4 heterocycles. The first-order chi connectivity index (χ1) is 23.3. The quantitative estimate of drug-likeness (QED) is 0.160. The van der Waals surface area contributed by atoms with Crippen LogP contribution < -0.4 is 25.8 Å². The summed E-state index contributed by atoms with van der Waals surface area (Å²) in [5, 5.41) is 9.60. The topological polar surface area (TPSA) is 139 Å². The molecule has 0 aliphatic carbocycles. The number of likely N-dealkylation sites (tertiary alicyclic amines) is 1. The lowest BCUT2D eigenvalue weighted by Crippen LogP contribution is -2.38. The molecule has 4 aromatic rings. The molecule has 0 radical (unpaired) electrons. The minimum Gasteiger partial charge on any atom is -0.490 e. The third-order valence-electron chi connectivity index (χ3n) is 8.61. The van der Waals surface area contributed by atoms with Crippen LogP contribution in [0.25, 0.3) is 22.0 Å². The van der Waals surface area contributed by atoms with Crippen LogP contribution in [0.5, 0.6) is 11.8 Å². The lowest BCUT2D eigenvalue weighted by atomic mass is 9.92. The van der Waals surface area contributed by atoms with E-state index >= 15 is 17.6 Å². The normalized spacial score (nSPS) is 17.0. The van der Waals surface area contributed by atoms with E-state index in [1.807, 2.05) is 14.0 Å². The number of nitrogen functional groups attached to an aromatic ring is 1. The van der Waals surface area contributed by atoms with Gasteiger partial charge in [0.25, 0.3) is 0 Å². The average Bonchev–Trinajstić information content (AvgIpc) is 3.40. The SMILES string of the molecule is C=C(N)Sc1c(F)ccc(-c2c(C(F)(F)F)c3c4c(nc(OC(C)C5CCCN5C)nc4c2F)N(Cc2cccnc2N)CCO3)c1C#N. The predicted molar refractivity (Wildman–Crippen MR) is 175 cm³/mol. The molecule has 0 saturated carbocycles. The highest BCUT2D eigenvalue weighted by molar-refractivity contribution is 8.03. The number of alkyl halides is 3. The summed E-state index contributed by atoms with van der Waals surface area (Å²) in [6.07, 6.45) is -2.42. The number of nitrogens with zero attached hydrogens (tertiary/aromatic N) is 6. The molecule has 49 heavy (non-hydrogen) atoms. The predicted octanol–water partition coefficient (Wildman–Crippen LogP) is 6.23. The number of pyridine rings is 1. The van der Waals surface area contributed by atoms with Gasteiger partial charge >= 0.3 is 12.2 Å².